The van der Waals surface area contributed by atoms with Crippen LogP contribution >= 0.6 is 11.6 Å². The van der Waals surface area contributed by atoms with Crippen molar-refractivity contribution in [2.45, 2.75) is 73.1 Å². The Morgan fingerprint density at radius 1 is 0.707 bits per heavy atom. The van der Waals surface area contributed by atoms with Gasteiger partial charge >= 0.3 is 12.2 Å². The van der Waals surface area contributed by atoms with Crippen molar-refractivity contribution >= 4 is 35.0 Å². The van der Waals surface area contributed by atoms with Crippen LogP contribution in [0.3, 0.4) is 0 Å². The number of amides is 2. The van der Waals surface area contributed by atoms with Gasteiger partial charge in [-0.15, -0.1) is 0 Å². The van der Waals surface area contributed by atoms with E-state index in [2.05, 4.69) is 4.98 Å². The molecule has 2 aromatic heterocycles. The van der Waals surface area contributed by atoms with Gasteiger partial charge in [0.05, 0.1) is 17.9 Å². The van der Waals surface area contributed by atoms with Gasteiger partial charge in [-0.3, -0.25) is 0 Å². The van der Waals surface area contributed by atoms with Gasteiger partial charge < -0.3 is 9.47 Å². The predicted octanol–water partition coefficient (Wildman–Crippen LogP) is 8.71. The summed E-state index contributed by atoms with van der Waals surface area (Å²) in [5.41, 5.74) is 3.23. The number of rotatable bonds is 4. The molecule has 0 unspecified atom stereocenters. The summed E-state index contributed by atoms with van der Waals surface area (Å²) in [4.78, 5) is 40.7. The molecule has 2 aromatic carbocycles. The quantitative estimate of drug-likeness (QED) is 0.224. The third kappa shape index (κ3) is 8.72. The molecule has 0 spiro atoms. The van der Waals surface area contributed by atoms with Crippen LogP contribution in [0.2, 0.25) is 5.15 Å². The zero-order chi connectivity index (χ0) is 30.4. The number of nitrogens with zero attached hydrogens (tertiary/aromatic N) is 4. The minimum absolute atomic E-state index is 0.0315. The highest BCUT2D eigenvalue weighted by atomic mass is 35.5. The molecule has 2 amide bonds. The molecule has 0 saturated heterocycles. The fourth-order valence-corrected chi connectivity index (χ4v) is 3.85. The third-order valence-electron chi connectivity index (χ3n) is 5.34. The van der Waals surface area contributed by atoms with E-state index in [0.29, 0.717) is 33.3 Å². The summed E-state index contributed by atoms with van der Waals surface area (Å²) >= 11 is 6.12. The number of hydrogen-bond acceptors (Lipinski definition) is 7. The van der Waals surface area contributed by atoms with Crippen molar-refractivity contribution in [1.29, 1.82) is 0 Å². The Morgan fingerprint density at radius 3 is 1.76 bits per heavy atom. The molecule has 0 radical (unpaired) electrons. The largest absolute Gasteiger partial charge is 0.443 e. The van der Waals surface area contributed by atoms with Crippen LogP contribution in [0.4, 0.5) is 9.59 Å². The zero-order valence-corrected chi connectivity index (χ0v) is 25.6. The molecule has 9 heteroatoms. The number of aromatic nitrogens is 3. The molecule has 41 heavy (non-hydrogen) atoms. The Labute approximate surface area is 246 Å². The van der Waals surface area contributed by atoms with Crippen LogP contribution < -0.4 is 0 Å². The first-order valence-electron chi connectivity index (χ1n) is 13.5. The lowest BCUT2D eigenvalue weighted by molar-refractivity contribution is -0.000250. The molecular weight excluding hydrogens is 540 g/mol. The first kappa shape index (κ1) is 31.5. The Kier molecular flexibility index (Phi) is 10.0. The number of halogens is 1. The summed E-state index contributed by atoms with van der Waals surface area (Å²) in [5.74, 6) is 0. The molecule has 0 bridgehead atoms. The maximum Gasteiger partial charge on any atom is 0.420 e. The number of pyridine rings is 1. The predicted molar refractivity (Wildman–Crippen MR) is 163 cm³/mol. The summed E-state index contributed by atoms with van der Waals surface area (Å²) in [6.45, 7) is 14.4. The Bertz CT molecular complexity index is 1470. The Hall–Kier alpha value is -4.04. The van der Waals surface area contributed by atoms with Gasteiger partial charge in [-0.1, -0.05) is 80.0 Å². The summed E-state index contributed by atoms with van der Waals surface area (Å²) in [6, 6.07) is 20.6. The van der Waals surface area contributed by atoms with Gasteiger partial charge in [0.15, 0.2) is 5.65 Å². The van der Waals surface area contributed by atoms with Crippen LogP contribution in [-0.4, -0.2) is 43.2 Å². The topological polar surface area (TPSA) is 94.5 Å². The first-order chi connectivity index (χ1) is 19.3. The Morgan fingerprint density at radius 2 is 1.22 bits per heavy atom. The van der Waals surface area contributed by atoms with Crippen molar-refractivity contribution in [3.05, 3.63) is 77.4 Å². The second-order valence-corrected chi connectivity index (χ2v) is 11.4. The lowest BCUT2D eigenvalue weighted by atomic mass is 10.0. The monoisotopic (exact) mass is 576 g/mol. The molecule has 0 N–H and O–H groups in total. The average molecular weight is 577 g/mol. The number of carbonyl (C=O) groups is 2. The van der Waals surface area contributed by atoms with Gasteiger partial charge in [0.25, 0.3) is 0 Å². The maximum atomic E-state index is 12.9. The van der Waals surface area contributed by atoms with E-state index in [0.717, 1.165) is 16.0 Å². The van der Waals surface area contributed by atoms with Crippen molar-refractivity contribution in [1.82, 2.24) is 19.9 Å². The Balaban J connectivity index is 0.00000226. The van der Waals surface area contributed by atoms with Gasteiger partial charge in [0.1, 0.15) is 21.9 Å². The molecule has 8 nitrogen and oxygen atoms in total. The summed E-state index contributed by atoms with van der Waals surface area (Å²) < 4.78 is 10.9. The van der Waals surface area contributed by atoms with Crippen LogP contribution in [0.15, 0.2) is 66.7 Å². The molecule has 0 aliphatic heterocycles. The van der Waals surface area contributed by atoms with Gasteiger partial charge in [-0.2, -0.15) is 0 Å². The van der Waals surface area contributed by atoms with E-state index in [-0.39, 0.29) is 6.54 Å². The van der Waals surface area contributed by atoms with Crippen molar-refractivity contribution in [3.63, 3.8) is 0 Å². The fourth-order valence-electron chi connectivity index (χ4n) is 3.71. The molecule has 216 valence electrons. The van der Waals surface area contributed by atoms with Crippen molar-refractivity contribution < 1.29 is 19.1 Å². The standard InChI is InChI=1S/C30H31ClN4O4.C2H6/c1-29(2,3)38-27(36)35(28(37)39-30(4,5)6)18-19-12-14-21(15-13-19)25-24(20-10-8-7-9-11-20)32-22-16-17-23(31)33-26(22)34-25;1-2/h7-17H,18H2,1-6H3;1-2H3. The van der Waals surface area contributed by atoms with E-state index >= 15 is 0 Å². The molecule has 0 aliphatic rings. The second-order valence-electron chi connectivity index (χ2n) is 11.0. The van der Waals surface area contributed by atoms with Crippen LogP contribution in [0.25, 0.3) is 33.7 Å². The molecule has 0 saturated carbocycles. The first-order valence-corrected chi connectivity index (χ1v) is 13.9. The molecular formula is C32H37ClN4O4. The number of fused-ring (bicyclic) bond motifs is 1. The minimum atomic E-state index is -0.782. The lowest BCUT2D eigenvalue weighted by Gasteiger charge is -2.28. The van der Waals surface area contributed by atoms with Crippen LogP contribution in [-0.2, 0) is 16.0 Å². The van der Waals surface area contributed by atoms with E-state index in [1.807, 2.05) is 68.4 Å². The lowest BCUT2D eigenvalue weighted by Crippen LogP contribution is -2.43. The van der Waals surface area contributed by atoms with Crippen LogP contribution in [0, 0.1) is 0 Å². The van der Waals surface area contributed by atoms with E-state index in [9.17, 15) is 9.59 Å². The molecule has 0 atom stereocenters. The van der Waals surface area contributed by atoms with Crippen molar-refractivity contribution in [2.75, 3.05) is 0 Å². The molecule has 0 aliphatic carbocycles. The van der Waals surface area contributed by atoms with Gasteiger partial charge in [0.2, 0.25) is 0 Å². The van der Waals surface area contributed by atoms with E-state index < -0.39 is 23.4 Å². The third-order valence-corrected chi connectivity index (χ3v) is 5.55. The highest BCUT2D eigenvalue weighted by Gasteiger charge is 2.31. The highest BCUT2D eigenvalue weighted by molar-refractivity contribution is 6.29. The van der Waals surface area contributed by atoms with Gasteiger partial charge in [-0.25, -0.2) is 29.4 Å². The van der Waals surface area contributed by atoms with Crippen molar-refractivity contribution in [2.24, 2.45) is 0 Å². The van der Waals surface area contributed by atoms with Crippen LogP contribution in [0.5, 0.6) is 0 Å². The molecule has 2 heterocycles. The maximum absolute atomic E-state index is 12.9. The summed E-state index contributed by atoms with van der Waals surface area (Å²) in [6.07, 6.45) is -1.56. The van der Waals surface area contributed by atoms with Crippen LogP contribution in [0.1, 0.15) is 61.0 Å². The smallest absolute Gasteiger partial charge is 0.420 e. The highest BCUT2D eigenvalue weighted by Crippen LogP contribution is 2.31. The number of hydrogen-bond donors (Lipinski definition) is 0. The molecule has 4 rings (SSSR count). The molecule has 0 fully saturated rings. The SMILES string of the molecule is CC.CC(C)(C)OC(=O)N(Cc1ccc(-c2nc3nc(Cl)ccc3nc2-c2ccccc2)cc1)C(=O)OC(C)(C)C. The van der Waals surface area contributed by atoms with Gasteiger partial charge in [0, 0.05) is 11.1 Å². The molecule has 4 aromatic rings. The number of imide groups is 1. The number of carbonyl (C=O) groups excluding carboxylic acids is 2. The minimum Gasteiger partial charge on any atom is -0.443 e. The fraction of sp³-hybridized carbons (Fsp3) is 0.344. The normalized spacial score (nSPS) is 11.3. The van der Waals surface area contributed by atoms with E-state index in [1.54, 1.807) is 53.7 Å². The summed E-state index contributed by atoms with van der Waals surface area (Å²) in [7, 11) is 0. The number of ether oxygens (including phenoxy) is 2. The van der Waals surface area contributed by atoms with E-state index in [1.165, 1.54) is 0 Å². The van der Waals surface area contributed by atoms with Gasteiger partial charge in [-0.05, 0) is 59.2 Å². The zero-order valence-electron chi connectivity index (χ0n) is 24.9. The van der Waals surface area contributed by atoms with Crippen molar-refractivity contribution in [3.8, 4) is 22.5 Å². The van der Waals surface area contributed by atoms with E-state index in [4.69, 9.17) is 31.0 Å². The number of benzene rings is 2. The summed E-state index contributed by atoms with van der Waals surface area (Å²) in [5, 5.41) is 0.329. The average Bonchev–Trinajstić information content (AvgIpc) is 2.91. The second kappa shape index (κ2) is 13.1.